The molecule has 1 aliphatic rings. The molecule has 1 fully saturated rings. The van der Waals surface area contributed by atoms with E-state index < -0.39 is 39.9 Å². The normalized spacial score (nSPS) is 26.5. The highest BCUT2D eigenvalue weighted by atomic mass is 19.3. The Labute approximate surface area is 88.0 Å². The maximum Gasteiger partial charge on any atom is 0.272 e. The second-order valence-electron chi connectivity index (χ2n) is 3.77. The first kappa shape index (κ1) is 10.9. The Kier molecular flexibility index (Phi) is 2.00. The van der Waals surface area contributed by atoms with E-state index in [4.69, 9.17) is 5.73 Å². The minimum Gasteiger partial charge on any atom is -0.316 e. The lowest BCUT2D eigenvalue weighted by atomic mass is 10.0. The molecule has 1 aromatic rings. The average molecular weight is 232 g/mol. The average Bonchev–Trinajstić information content (AvgIpc) is 2.67. The molecule has 0 spiro atoms. The van der Waals surface area contributed by atoms with Crippen molar-refractivity contribution in [2.75, 3.05) is 0 Å². The molecule has 1 aromatic carbocycles. The highest BCUT2D eigenvalue weighted by molar-refractivity contribution is 5.44. The summed E-state index contributed by atoms with van der Waals surface area (Å²) in [4.78, 5) is 9.64. The number of non-ortho nitro benzene ring substituents is 1. The maximum absolute atomic E-state index is 13.3. The van der Waals surface area contributed by atoms with Gasteiger partial charge >= 0.3 is 0 Å². The summed E-state index contributed by atoms with van der Waals surface area (Å²) in [5, 5.41) is 10.4. The molecule has 16 heavy (non-hydrogen) atoms. The summed E-state index contributed by atoms with van der Waals surface area (Å²) < 4.78 is 39.1. The molecule has 0 aromatic heterocycles. The molecule has 86 valence electrons. The van der Waals surface area contributed by atoms with Gasteiger partial charge in [-0.15, -0.1) is 0 Å². The van der Waals surface area contributed by atoms with Crippen molar-refractivity contribution in [3.8, 4) is 0 Å². The van der Waals surface area contributed by atoms with Crippen molar-refractivity contribution in [3.05, 3.63) is 39.7 Å². The van der Waals surface area contributed by atoms with Crippen molar-refractivity contribution in [1.82, 2.24) is 0 Å². The number of nitro benzene ring substituents is 1. The van der Waals surface area contributed by atoms with Crippen LogP contribution in [-0.2, 0) is 5.54 Å². The minimum atomic E-state index is -3.21. The third-order valence-corrected chi connectivity index (χ3v) is 2.67. The first-order valence-electron chi connectivity index (χ1n) is 4.39. The van der Waals surface area contributed by atoms with Gasteiger partial charge in [-0.3, -0.25) is 10.1 Å². The molecule has 1 unspecified atom stereocenters. The van der Waals surface area contributed by atoms with Crippen LogP contribution in [0.3, 0.4) is 0 Å². The second-order valence-corrected chi connectivity index (χ2v) is 3.77. The van der Waals surface area contributed by atoms with Gasteiger partial charge in [-0.25, -0.2) is 13.2 Å². The van der Waals surface area contributed by atoms with Gasteiger partial charge in [0.2, 0.25) is 0 Å². The third kappa shape index (κ3) is 1.35. The molecule has 1 aliphatic carbocycles. The molecule has 1 saturated carbocycles. The van der Waals surface area contributed by atoms with Crippen molar-refractivity contribution >= 4 is 5.69 Å². The molecular weight excluding hydrogens is 225 g/mol. The molecule has 0 heterocycles. The maximum atomic E-state index is 13.3. The Hall–Kier alpha value is -1.63. The van der Waals surface area contributed by atoms with E-state index in [0.29, 0.717) is 0 Å². The summed E-state index contributed by atoms with van der Waals surface area (Å²) in [5.74, 6) is -4.16. The lowest BCUT2D eigenvalue weighted by Gasteiger charge is -2.11. The minimum absolute atomic E-state index is 0.455. The van der Waals surface area contributed by atoms with E-state index in [-0.39, 0.29) is 0 Å². The number of halogens is 3. The topological polar surface area (TPSA) is 69.2 Å². The van der Waals surface area contributed by atoms with E-state index in [2.05, 4.69) is 0 Å². The Morgan fingerprint density at radius 2 is 2.00 bits per heavy atom. The standard InChI is InChI=1S/C9H7F3N2O2/c10-7-2-1-5(14(15)16)3-6(7)8(13)4-9(8,11)12/h1-3H,4,13H2. The van der Waals surface area contributed by atoms with Gasteiger partial charge in [0.05, 0.1) is 4.92 Å². The molecule has 0 amide bonds. The van der Waals surface area contributed by atoms with Crippen molar-refractivity contribution < 1.29 is 18.1 Å². The number of nitro groups is 1. The number of hydrogen-bond acceptors (Lipinski definition) is 3. The van der Waals surface area contributed by atoms with Gasteiger partial charge in [0.25, 0.3) is 11.6 Å². The molecular formula is C9H7F3N2O2. The van der Waals surface area contributed by atoms with Crippen LogP contribution in [0.5, 0.6) is 0 Å². The summed E-state index contributed by atoms with van der Waals surface area (Å²) in [7, 11) is 0. The van der Waals surface area contributed by atoms with Gasteiger partial charge in [0.15, 0.2) is 0 Å². The Bertz CT molecular complexity index is 478. The zero-order chi connectivity index (χ0) is 12.1. The van der Waals surface area contributed by atoms with Crippen LogP contribution in [0.4, 0.5) is 18.9 Å². The molecule has 0 radical (unpaired) electrons. The van der Waals surface area contributed by atoms with Gasteiger partial charge in [-0.2, -0.15) is 0 Å². The molecule has 4 nitrogen and oxygen atoms in total. The smallest absolute Gasteiger partial charge is 0.272 e. The number of benzene rings is 1. The van der Waals surface area contributed by atoms with E-state index in [1.54, 1.807) is 0 Å². The van der Waals surface area contributed by atoms with Crippen molar-refractivity contribution in [3.63, 3.8) is 0 Å². The molecule has 0 bridgehead atoms. The number of alkyl halides is 2. The molecule has 1 atom stereocenters. The van der Waals surface area contributed by atoms with Crippen molar-refractivity contribution in [2.24, 2.45) is 5.73 Å². The fourth-order valence-electron chi connectivity index (χ4n) is 1.57. The SMILES string of the molecule is NC1(c2cc([N+](=O)[O-])ccc2F)CC1(F)F. The Balaban J connectivity index is 2.50. The summed E-state index contributed by atoms with van der Waals surface area (Å²) in [6.45, 7) is 0. The van der Waals surface area contributed by atoms with Gasteiger partial charge in [-0.1, -0.05) is 0 Å². The van der Waals surface area contributed by atoms with E-state index in [0.717, 1.165) is 18.2 Å². The molecule has 0 saturated heterocycles. The van der Waals surface area contributed by atoms with E-state index >= 15 is 0 Å². The van der Waals surface area contributed by atoms with Crippen molar-refractivity contribution in [1.29, 1.82) is 0 Å². The first-order chi connectivity index (χ1) is 7.28. The van der Waals surface area contributed by atoms with Crippen molar-refractivity contribution in [2.45, 2.75) is 17.9 Å². The molecule has 2 rings (SSSR count). The van der Waals surface area contributed by atoms with E-state index in [1.807, 2.05) is 0 Å². The summed E-state index contributed by atoms with van der Waals surface area (Å²) >= 11 is 0. The molecule has 0 aliphatic heterocycles. The number of rotatable bonds is 2. The predicted octanol–water partition coefficient (Wildman–Crippen LogP) is 1.93. The number of hydrogen-bond donors (Lipinski definition) is 1. The summed E-state index contributed by atoms with van der Waals surface area (Å²) in [6, 6.07) is 2.44. The number of nitrogens with two attached hydrogens (primary N) is 1. The largest absolute Gasteiger partial charge is 0.316 e. The number of nitrogens with zero attached hydrogens (tertiary/aromatic N) is 1. The van der Waals surface area contributed by atoms with Gasteiger partial charge in [0, 0.05) is 24.1 Å². The first-order valence-corrected chi connectivity index (χ1v) is 4.39. The van der Waals surface area contributed by atoms with Crippen LogP contribution in [0.1, 0.15) is 12.0 Å². The van der Waals surface area contributed by atoms with Crippen LogP contribution in [0, 0.1) is 15.9 Å². The highest BCUT2D eigenvalue weighted by Crippen LogP contribution is 2.58. The third-order valence-electron chi connectivity index (χ3n) is 2.67. The quantitative estimate of drug-likeness (QED) is 0.625. The van der Waals surface area contributed by atoms with Crippen LogP contribution >= 0.6 is 0 Å². The monoisotopic (exact) mass is 232 g/mol. The van der Waals surface area contributed by atoms with Crippen LogP contribution in [-0.4, -0.2) is 10.8 Å². The fourth-order valence-corrected chi connectivity index (χ4v) is 1.57. The second kappa shape index (κ2) is 2.94. The lowest BCUT2D eigenvalue weighted by molar-refractivity contribution is -0.385. The van der Waals surface area contributed by atoms with Gasteiger partial charge in [0.1, 0.15) is 11.4 Å². The Morgan fingerprint density at radius 1 is 1.44 bits per heavy atom. The predicted molar refractivity (Wildman–Crippen MR) is 48.5 cm³/mol. The molecule has 7 heteroatoms. The van der Waals surface area contributed by atoms with Gasteiger partial charge < -0.3 is 5.73 Å². The summed E-state index contributed by atoms with van der Waals surface area (Å²) in [6.07, 6.45) is -0.696. The van der Waals surface area contributed by atoms with E-state index in [9.17, 15) is 23.3 Å². The zero-order valence-corrected chi connectivity index (χ0v) is 7.91. The lowest BCUT2D eigenvalue weighted by Crippen LogP contribution is -2.28. The van der Waals surface area contributed by atoms with Crippen LogP contribution in [0.2, 0.25) is 0 Å². The highest BCUT2D eigenvalue weighted by Gasteiger charge is 2.71. The van der Waals surface area contributed by atoms with Crippen LogP contribution < -0.4 is 5.73 Å². The van der Waals surface area contributed by atoms with E-state index in [1.165, 1.54) is 0 Å². The zero-order valence-electron chi connectivity index (χ0n) is 7.91. The molecule has 2 N–H and O–H groups in total. The fraction of sp³-hybridized carbons (Fsp3) is 0.333. The summed E-state index contributed by atoms with van der Waals surface area (Å²) in [5.41, 5.74) is 2.23. The van der Waals surface area contributed by atoms with Crippen LogP contribution in [0.15, 0.2) is 18.2 Å². The van der Waals surface area contributed by atoms with Gasteiger partial charge in [-0.05, 0) is 6.07 Å². The van der Waals surface area contributed by atoms with Crippen LogP contribution in [0.25, 0.3) is 0 Å². The Morgan fingerprint density at radius 3 is 2.44 bits per heavy atom.